The number of nitrogen functional groups attached to an aromatic ring is 1. The van der Waals surface area contributed by atoms with Crippen molar-refractivity contribution in [2.24, 2.45) is 7.05 Å². The third kappa shape index (κ3) is 4.53. The van der Waals surface area contributed by atoms with E-state index in [1.54, 1.807) is 19.2 Å². The third-order valence-corrected chi connectivity index (χ3v) is 5.64. The molecule has 0 amide bonds. The number of aromatic nitrogens is 1. The van der Waals surface area contributed by atoms with Crippen molar-refractivity contribution in [3.8, 4) is 17.6 Å². The second-order valence-electron chi connectivity index (χ2n) is 7.77. The van der Waals surface area contributed by atoms with Gasteiger partial charge in [0.2, 0.25) is 0 Å². The average molecular weight is 458 g/mol. The van der Waals surface area contributed by atoms with E-state index in [1.165, 1.54) is 28.8 Å². The molecule has 0 radical (unpaired) electrons. The van der Waals surface area contributed by atoms with Gasteiger partial charge in [0.1, 0.15) is 29.2 Å². The fraction of sp³-hybridized carbons (Fsp3) is 0.304. The fourth-order valence-corrected chi connectivity index (χ4v) is 4.17. The Kier molecular flexibility index (Phi) is 5.80. The molecule has 0 bridgehead atoms. The lowest BCUT2D eigenvalue weighted by atomic mass is 10.0. The van der Waals surface area contributed by atoms with Crippen LogP contribution in [-0.2, 0) is 7.05 Å². The summed E-state index contributed by atoms with van der Waals surface area (Å²) in [5.74, 6) is 0.123. The average Bonchev–Trinajstić information content (AvgIpc) is 2.77. The minimum atomic E-state index is -4.75. The number of hydrogen-bond acceptors (Lipinski definition) is 6. The molecule has 0 atom stereocenters. The topological polar surface area (TPSA) is 93.5 Å². The first-order valence-electron chi connectivity index (χ1n) is 10.3. The van der Waals surface area contributed by atoms with Gasteiger partial charge in [-0.2, -0.15) is 5.26 Å². The minimum absolute atomic E-state index is 0.0650. The molecule has 7 nitrogen and oxygen atoms in total. The van der Waals surface area contributed by atoms with Crippen LogP contribution in [0.4, 0.5) is 24.5 Å². The number of pyridine rings is 1. The molecular weight excluding hydrogens is 437 g/mol. The maximum atomic E-state index is 12.8. The Morgan fingerprint density at radius 2 is 1.73 bits per heavy atom. The standard InChI is InChI=1S/C23H21F3N4O3/c1-29-21-17(3-2-4-19(21)28)20(18(13-27)22(29)31)30-11-9-15(10-12-30)32-14-5-7-16(8-6-14)33-23(24,25)26/h2-8,15H,9-12,28H2,1H3. The second kappa shape index (κ2) is 8.58. The van der Waals surface area contributed by atoms with Crippen LogP contribution in [0.2, 0.25) is 0 Å². The summed E-state index contributed by atoms with van der Waals surface area (Å²) in [6, 6.07) is 12.6. The molecule has 1 aromatic heterocycles. The van der Waals surface area contributed by atoms with E-state index in [0.29, 0.717) is 48.6 Å². The Morgan fingerprint density at radius 3 is 2.33 bits per heavy atom. The van der Waals surface area contributed by atoms with Gasteiger partial charge in [0.15, 0.2) is 0 Å². The van der Waals surface area contributed by atoms with Crippen LogP contribution < -0.4 is 25.7 Å². The zero-order valence-corrected chi connectivity index (χ0v) is 17.7. The van der Waals surface area contributed by atoms with E-state index in [4.69, 9.17) is 10.5 Å². The Labute approximate surface area is 187 Å². The summed E-state index contributed by atoms with van der Waals surface area (Å²) in [4.78, 5) is 14.8. The van der Waals surface area contributed by atoms with Gasteiger partial charge in [0, 0.05) is 38.4 Å². The van der Waals surface area contributed by atoms with Gasteiger partial charge in [-0.05, 0) is 30.3 Å². The van der Waals surface area contributed by atoms with Gasteiger partial charge in [-0.25, -0.2) is 0 Å². The van der Waals surface area contributed by atoms with Crippen LogP contribution in [0.25, 0.3) is 10.9 Å². The number of para-hydroxylation sites is 1. The molecule has 1 saturated heterocycles. The van der Waals surface area contributed by atoms with E-state index in [1.807, 2.05) is 17.0 Å². The number of alkyl halides is 3. The van der Waals surface area contributed by atoms with Gasteiger partial charge in [-0.15, -0.1) is 13.2 Å². The Balaban J connectivity index is 1.52. The second-order valence-corrected chi connectivity index (χ2v) is 7.77. The van der Waals surface area contributed by atoms with E-state index in [-0.39, 0.29) is 17.4 Å². The molecule has 2 heterocycles. The number of rotatable bonds is 4. The monoisotopic (exact) mass is 458 g/mol. The van der Waals surface area contributed by atoms with Crippen LogP contribution >= 0.6 is 0 Å². The SMILES string of the molecule is Cn1c(=O)c(C#N)c(N2CCC(Oc3ccc(OC(F)(F)F)cc3)CC2)c2cccc(N)c21. The van der Waals surface area contributed by atoms with Crippen molar-refractivity contribution in [2.45, 2.75) is 25.3 Å². The van der Waals surface area contributed by atoms with E-state index >= 15 is 0 Å². The number of hydrogen-bond donors (Lipinski definition) is 1. The number of nitrogens with zero attached hydrogens (tertiary/aromatic N) is 3. The van der Waals surface area contributed by atoms with Crippen LogP contribution in [0.5, 0.6) is 11.5 Å². The molecule has 1 fully saturated rings. The number of ether oxygens (including phenoxy) is 2. The Morgan fingerprint density at radius 1 is 1.09 bits per heavy atom. The van der Waals surface area contributed by atoms with E-state index in [0.717, 1.165) is 5.39 Å². The van der Waals surface area contributed by atoms with Crippen LogP contribution in [0, 0.1) is 11.3 Å². The van der Waals surface area contributed by atoms with Crippen LogP contribution in [0.3, 0.4) is 0 Å². The van der Waals surface area contributed by atoms with Gasteiger partial charge >= 0.3 is 6.36 Å². The first-order chi connectivity index (χ1) is 15.7. The Hall–Kier alpha value is -3.87. The van der Waals surface area contributed by atoms with Gasteiger partial charge in [0.25, 0.3) is 5.56 Å². The number of halogens is 3. The number of nitriles is 1. The summed E-state index contributed by atoms with van der Waals surface area (Å²) >= 11 is 0. The molecule has 0 unspecified atom stereocenters. The molecule has 10 heteroatoms. The molecule has 3 aromatic rings. The lowest BCUT2D eigenvalue weighted by Gasteiger charge is -2.35. The Bertz CT molecular complexity index is 1270. The highest BCUT2D eigenvalue weighted by atomic mass is 19.4. The van der Waals surface area contributed by atoms with E-state index in [2.05, 4.69) is 4.74 Å². The van der Waals surface area contributed by atoms with Gasteiger partial charge in [0.05, 0.1) is 16.9 Å². The molecule has 0 aliphatic carbocycles. The lowest BCUT2D eigenvalue weighted by molar-refractivity contribution is -0.274. The predicted molar refractivity (Wildman–Crippen MR) is 117 cm³/mol. The minimum Gasteiger partial charge on any atom is -0.490 e. The largest absolute Gasteiger partial charge is 0.573 e. The molecule has 0 saturated carbocycles. The molecule has 1 aliphatic heterocycles. The lowest BCUT2D eigenvalue weighted by Crippen LogP contribution is -2.40. The van der Waals surface area contributed by atoms with E-state index < -0.39 is 11.9 Å². The number of aryl methyl sites for hydroxylation is 1. The maximum Gasteiger partial charge on any atom is 0.573 e. The van der Waals surface area contributed by atoms with Gasteiger partial charge in [-0.3, -0.25) is 4.79 Å². The summed E-state index contributed by atoms with van der Waals surface area (Å²) in [5.41, 5.74) is 7.37. The van der Waals surface area contributed by atoms with Gasteiger partial charge in [-0.1, -0.05) is 12.1 Å². The smallest absolute Gasteiger partial charge is 0.490 e. The van der Waals surface area contributed by atoms with Crippen LogP contribution in [-0.4, -0.2) is 30.1 Å². The molecular formula is C23H21F3N4O3. The van der Waals surface area contributed by atoms with Crippen LogP contribution in [0.15, 0.2) is 47.3 Å². The van der Waals surface area contributed by atoms with Crippen molar-refractivity contribution in [3.63, 3.8) is 0 Å². The summed E-state index contributed by atoms with van der Waals surface area (Å²) in [6.45, 7) is 1.07. The van der Waals surface area contributed by atoms with Crippen molar-refractivity contribution in [1.82, 2.24) is 4.57 Å². The molecule has 172 valence electrons. The molecule has 1 aliphatic rings. The highest BCUT2D eigenvalue weighted by Crippen LogP contribution is 2.34. The first-order valence-corrected chi connectivity index (χ1v) is 10.3. The molecule has 4 rings (SSSR count). The quantitative estimate of drug-likeness (QED) is 0.596. The van der Waals surface area contributed by atoms with Gasteiger partial charge < -0.3 is 24.7 Å². The summed E-state index contributed by atoms with van der Waals surface area (Å²) in [5, 5.41) is 10.4. The first kappa shape index (κ1) is 22.3. The summed E-state index contributed by atoms with van der Waals surface area (Å²) in [6.07, 6.45) is -3.70. The molecule has 0 spiro atoms. The normalized spacial score (nSPS) is 14.8. The van der Waals surface area contributed by atoms with Crippen molar-refractivity contribution in [1.29, 1.82) is 5.26 Å². The molecule has 33 heavy (non-hydrogen) atoms. The number of fused-ring (bicyclic) bond motifs is 1. The zero-order chi connectivity index (χ0) is 23.8. The molecule has 2 aromatic carbocycles. The zero-order valence-electron chi connectivity index (χ0n) is 17.7. The summed E-state index contributed by atoms with van der Waals surface area (Å²) in [7, 11) is 1.59. The predicted octanol–water partition coefficient (Wildman–Crippen LogP) is 3.94. The van der Waals surface area contributed by atoms with Crippen molar-refractivity contribution in [2.75, 3.05) is 23.7 Å². The van der Waals surface area contributed by atoms with Crippen molar-refractivity contribution < 1.29 is 22.6 Å². The summed E-state index contributed by atoms with van der Waals surface area (Å²) < 4.78 is 48.1. The maximum absolute atomic E-state index is 12.8. The molecule has 2 N–H and O–H groups in total. The number of piperidine rings is 1. The highest BCUT2D eigenvalue weighted by Gasteiger charge is 2.31. The fourth-order valence-electron chi connectivity index (χ4n) is 4.17. The van der Waals surface area contributed by atoms with Crippen molar-refractivity contribution in [3.05, 3.63) is 58.4 Å². The van der Waals surface area contributed by atoms with Crippen molar-refractivity contribution >= 4 is 22.3 Å². The number of anilines is 2. The van der Waals surface area contributed by atoms with E-state index in [9.17, 15) is 23.2 Å². The third-order valence-electron chi connectivity index (χ3n) is 5.64. The van der Waals surface area contributed by atoms with Crippen LogP contribution in [0.1, 0.15) is 18.4 Å². The number of benzene rings is 2. The number of nitrogens with two attached hydrogens (primary N) is 1. The highest BCUT2D eigenvalue weighted by molar-refractivity contribution is 6.00.